The Balaban J connectivity index is 2.46. The first-order valence-electron chi connectivity index (χ1n) is 4.96. The highest BCUT2D eigenvalue weighted by Gasteiger charge is 2.29. The first-order chi connectivity index (χ1) is 5.53. The van der Waals surface area contributed by atoms with Gasteiger partial charge in [0.25, 0.3) is 0 Å². The van der Waals surface area contributed by atoms with E-state index in [1.54, 1.807) is 0 Å². The highest BCUT2D eigenvalue weighted by atomic mass is 15.1. The Bertz CT molecular complexity index is 143. The molecule has 1 aliphatic heterocycles. The minimum atomic E-state index is 0.493. The number of piperidine rings is 1. The Morgan fingerprint density at radius 3 is 2.67 bits per heavy atom. The number of nitrogens with zero attached hydrogens (tertiary/aromatic N) is 1. The molecular weight excluding hydrogens is 148 g/mol. The summed E-state index contributed by atoms with van der Waals surface area (Å²) >= 11 is 0. The number of likely N-dealkylation sites (tertiary alicyclic amines) is 1. The molecule has 1 rings (SSSR count). The van der Waals surface area contributed by atoms with Crippen molar-refractivity contribution < 1.29 is 0 Å². The van der Waals surface area contributed by atoms with Crippen LogP contribution in [0.3, 0.4) is 0 Å². The van der Waals surface area contributed by atoms with Gasteiger partial charge < -0.3 is 10.6 Å². The van der Waals surface area contributed by atoms with Crippen molar-refractivity contribution >= 4 is 0 Å². The van der Waals surface area contributed by atoms with E-state index in [0.717, 1.165) is 19.0 Å². The van der Waals surface area contributed by atoms with Gasteiger partial charge in [0.2, 0.25) is 0 Å². The predicted octanol–water partition coefficient (Wildman–Crippen LogP) is 1.31. The van der Waals surface area contributed by atoms with Crippen LogP contribution in [0.4, 0.5) is 0 Å². The molecule has 0 amide bonds. The molecule has 2 N–H and O–H groups in total. The highest BCUT2D eigenvalue weighted by molar-refractivity contribution is 4.83. The molecule has 0 bridgehead atoms. The van der Waals surface area contributed by atoms with Crippen LogP contribution >= 0.6 is 0 Å². The van der Waals surface area contributed by atoms with Crippen molar-refractivity contribution in [1.82, 2.24) is 4.90 Å². The molecule has 1 fully saturated rings. The molecule has 72 valence electrons. The van der Waals surface area contributed by atoms with E-state index in [0.29, 0.717) is 5.41 Å². The molecule has 1 unspecified atom stereocenters. The van der Waals surface area contributed by atoms with Gasteiger partial charge in [-0.1, -0.05) is 20.8 Å². The molecule has 1 aliphatic rings. The summed E-state index contributed by atoms with van der Waals surface area (Å²) in [5, 5.41) is 0. The number of hydrogen-bond donors (Lipinski definition) is 1. The van der Waals surface area contributed by atoms with E-state index in [9.17, 15) is 0 Å². The second-order valence-electron chi connectivity index (χ2n) is 5.00. The van der Waals surface area contributed by atoms with Crippen molar-refractivity contribution in [2.75, 3.05) is 26.2 Å². The van der Waals surface area contributed by atoms with Crippen LogP contribution in [0, 0.1) is 11.3 Å². The third-order valence-electron chi connectivity index (χ3n) is 2.57. The molecule has 1 atom stereocenters. The molecule has 0 aliphatic carbocycles. The second-order valence-corrected chi connectivity index (χ2v) is 5.00. The van der Waals surface area contributed by atoms with Crippen LogP contribution in [0.15, 0.2) is 0 Å². The van der Waals surface area contributed by atoms with Gasteiger partial charge >= 0.3 is 0 Å². The number of rotatable bonds is 2. The van der Waals surface area contributed by atoms with Crippen LogP contribution < -0.4 is 5.73 Å². The smallest absolute Gasteiger partial charge is 0.0105 e. The Labute approximate surface area is 76.1 Å². The Morgan fingerprint density at radius 1 is 1.50 bits per heavy atom. The lowest BCUT2D eigenvalue weighted by molar-refractivity contribution is 0.0825. The average molecular weight is 170 g/mol. The zero-order valence-electron chi connectivity index (χ0n) is 8.64. The quantitative estimate of drug-likeness (QED) is 0.677. The van der Waals surface area contributed by atoms with Crippen LogP contribution in [0.1, 0.15) is 27.2 Å². The minimum absolute atomic E-state index is 0.493. The maximum atomic E-state index is 5.55. The molecule has 2 heteroatoms. The van der Waals surface area contributed by atoms with Gasteiger partial charge in [0, 0.05) is 26.2 Å². The van der Waals surface area contributed by atoms with Crippen molar-refractivity contribution in [3.05, 3.63) is 0 Å². The molecule has 12 heavy (non-hydrogen) atoms. The average Bonchev–Trinajstić information content (AvgIpc) is 1.82. The first kappa shape index (κ1) is 10.0. The van der Waals surface area contributed by atoms with E-state index in [2.05, 4.69) is 25.7 Å². The molecule has 0 saturated carbocycles. The van der Waals surface area contributed by atoms with Crippen molar-refractivity contribution in [2.45, 2.75) is 27.2 Å². The lowest BCUT2D eigenvalue weighted by Gasteiger charge is -2.41. The summed E-state index contributed by atoms with van der Waals surface area (Å²) in [6, 6.07) is 0. The number of nitrogens with two attached hydrogens (primary N) is 1. The summed E-state index contributed by atoms with van der Waals surface area (Å²) in [5.74, 6) is 0.834. The molecule has 0 aromatic heterocycles. The molecular formula is C10H22N2. The van der Waals surface area contributed by atoms with E-state index in [4.69, 9.17) is 5.73 Å². The van der Waals surface area contributed by atoms with Gasteiger partial charge in [-0.25, -0.2) is 0 Å². The summed E-state index contributed by atoms with van der Waals surface area (Å²) in [6.45, 7) is 11.4. The highest BCUT2D eigenvalue weighted by Crippen LogP contribution is 2.31. The van der Waals surface area contributed by atoms with Crippen molar-refractivity contribution in [3.8, 4) is 0 Å². The molecule has 0 spiro atoms. The van der Waals surface area contributed by atoms with Gasteiger partial charge in [-0.05, 0) is 17.8 Å². The first-order valence-corrected chi connectivity index (χ1v) is 4.96. The van der Waals surface area contributed by atoms with Gasteiger partial charge in [0.1, 0.15) is 0 Å². The summed E-state index contributed by atoms with van der Waals surface area (Å²) < 4.78 is 0. The van der Waals surface area contributed by atoms with Crippen LogP contribution in [0.2, 0.25) is 0 Å². The van der Waals surface area contributed by atoms with E-state index >= 15 is 0 Å². The monoisotopic (exact) mass is 170 g/mol. The fourth-order valence-corrected chi connectivity index (χ4v) is 2.54. The fourth-order valence-electron chi connectivity index (χ4n) is 2.54. The minimum Gasteiger partial charge on any atom is -0.329 e. The van der Waals surface area contributed by atoms with Gasteiger partial charge in [-0.2, -0.15) is 0 Å². The second kappa shape index (κ2) is 3.75. The maximum Gasteiger partial charge on any atom is 0.0105 e. The fraction of sp³-hybridized carbons (Fsp3) is 1.00. The third-order valence-corrected chi connectivity index (χ3v) is 2.57. The molecule has 0 aromatic rings. The van der Waals surface area contributed by atoms with Gasteiger partial charge in [0.15, 0.2) is 0 Å². The molecule has 2 nitrogen and oxygen atoms in total. The zero-order chi connectivity index (χ0) is 9.19. The third kappa shape index (κ3) is 2.76. The topological polar surface area (TPSA) is 29.3 Å². The normalized spacial score (nSPS) is 30.5. The number of hydrogen-bond acceptors (Lipinski definition) is 2. The van der Waals surface area contributed by atoms with E-state index in [-0.39, 0.29) is 0 Å². The van der Waals surface area contributed by atoms with Crippen LogP contribution in [-0.4, -0.2) is 31.1 Å². The Morgan fingerprint density at radius 2 is 2.17 bits per heavy atom. The standard InChI is InChI=1S/C10H22N2/c1-9-6-10(2,3)8-12(7-9)5-4-11/h9H,4-8,11H2,1-3H3. The van der Waals surface area contributed by atoms with Crippen molar-refractivity contribution in [2.24, 2.45) is 17.1 Å². The van der Waals surface area contributed by atoms with E-state index in [1.165, 1.54) is 19.5 Å². The molecule has 0 aromatic carbocycles. The molecule has 1 saturated heterocycles. The van der Waals surface area contributed by atoms with E-state index in [1.807, 2.05) is 0 Å². The predicted molar refractivity (Wildman–Crippen MR) is 53.1 cm³/mol. The van der Waals surface area contributed by atoms with Crippen LogP contribution in [-0.2, 0) is 0 Å². The lowest BCUT2D eigenvalue weighted by Crippen LogP contribution is -2.45. The summed E-state index contributed by atoms with van der Waals surface area (Å²) in [5.41, 5.74) is 6.04. The largest absolute Gasteiger partial charge is 0.329 e. The Hall–Kier alpha value is -0.0800. The van der Waals surface area contributed by atoms with Crippen LogP contribution in [0.25, 0.3) is 0 Å². The van der Waals surface area contributed by atoms with Crippen molar-refractivity contribution in [1.29, 1.82) is 0 Å². The molecule has 1 heterocycles. The summed E-state index contributed by atoms with van der Waals surface area (Å²) in [4.78, 5) is 2.49. The van der Waals surface area contributed by atoms with Gasteiger partial charge in [-0.15, -0.1) is 0 Å². The summed E-state index contributed by atoms with van der Waals surface area (Å²) in [6.07, 6.45) is 1.36. The van der Waals surface area contributed by atoms with Crippen LogP contribution in [0.5, 0.6) is 0 Å². The molecule has 0 radical (unpaired) electrons. The summed E-state index contributed by atoms with van der Waals surface area (Å²) in [7, 11) is 0. The van der Waals surface area contributed by atoms with Gasteiger partial charge in [0.05, 0.1) is 0 Å². The van der Waals surface area contributed by atoms with Gasteiger partial charge in [-0.3, -0.25) is 0 Å². The SMILES string of the molecule is CC1CN(CCN)CC(C)(C)C1. The maximum absolute atomic E-state index is 5.55. The lowest BCUT2D eigenvalue weighted by atomic mass is 9.79. The zero-order valence-corrected chi connectivity index (χ0v) is 8.64. The van der Waals surface area contributed by atoms with E-state index < -0.39 is 0 Å². The van der Waals surface area contributed by atoms with Crippen molar-refractivity contribution in [3.63, 3.8) is 0 Å². The Kier molecular flexibility index (Phi) is 3.13.